The van der Waals surface area contributed by atoms with Gasteiger partial charge in [-0.15, -0.1) is 0 Å². The van der Waals surface area contributed by atoms with Crippen molar-refractivity contribution < 1.29 is 14.3 Å². The minimum absolute atomic E-state index is 0.141. The molecule has 0 aliphatic carbocycles. The molecule has 0 unspecified atom stereocenters. The van der Waals surface area contributed by atoms with Crippen LogP contribution < -0.4 is 14.8 Å². The van der Waals surface area contributed by atoms with Crippen LogP contribution >= 0.6 is 0 Å². The predicted molar refractivity (Wildman–Crippen MR) is 145 cm³/mol. The molecule has 3 aromatic rings. The van der Waals surface area contributed by atoms with Gasteiger partial charge in [-0.25, -0.2) is 0 Å². The van der Waals surface area contributed by atoms with Crippen LogP contribution in [0.4, 0.5) is 0 Å². The van der Waals surface area contributed by atoms with E-state index in [9.17, 15) is 4.79 Å². The molecule has 1 amide bonds. The molecule has 1 fully saturated rings. The Morgan fingerprint density at radius 3 is 2.42 bits per heavy atom. The second kappa shape index (κ2) is 12.1. The van der Waals surface area contributed by atoms with E-state index in [-0.39, 0.29) is 11.9 Å². The molecule has 190 valence electrons. The van der Waals surface area contributed by atoms with Crippen molar-refractivity contribution >= 4 is 5.91 Å². The van der Waals surface area contributed by atoms with E-state index >= 15 is 0 Å². The van der Waals surface area contributed by atoms with Crippen LogP contribution in [-0.2, 0) is 12.8 Å². The molecular weight excluding hydrogens is 448 g/mol. The molecule has 5 nitrogen and oxygen atoms in total. The third kappa shape index (κ3) is 6.27. The molecule has 3 aromatic carbocycles. The number of methoxy groups -OCH3 is 2. The summed E-state index contributed by atoms with van der Waals surface area (Å²) in [4.78, 5) is 15.7. The first-order valence-electron chi connectivity index (χ1n) is 12.8. The summed E-state index contributed by atoms with van der Waals surface area (Å²) in [5.74, 6) is 1.70. The van der Waals surface area contributed by atoms with Crippen molar-refractivity contribution in [1.29, 1.82) is 0 Å². The zero-order valence-electron chi connectivity index (χ0n) is 21.9. The zero-order valence-corrected chi connectivity index (χ0v) is 21.9. The smallest absolute Gasteiger partial charge is 0.254 e. The molecule has 0 radical (unpaired) electrons. The summed E-state index contributed by atoms with van der Waals surface area (Å²) in [6.07, 6.45) is 3.59. The fourth-order valence-electron chi connectivity index (χ4n) is 5.41. The summed E-state index contributed by atoms with van der Waals surface area (Å²) in [6, 6.07) is 23.2. The zero-order chi connectivity index (χ0) is 25.5. The molecule has 1 N–H and O–H groups in total. The van der Waals surface area contributed by atoms with Gasteiger partial charge in [0.2, 0.25) is 0 Å². The van der Waals surface area contributed by atoms with E-state index in [1.165, 1.54) is 5.56 Å². The molecule has 1 heterocycles. The lowest BCUT2D eigenvalue weighted by Gasteiger charge is -2.40. The first kappa shape index (κ1) is 25.8. The topological polar surface area (TPSA) is 50.8 Å². The number of para-hydroxylation sites is 1. The minimum Gasteiger partial charge on any atom is -0.493 e. The van der Waals surface area contributed by atoms with Crippen molar-refractivity contribution in [3.8, 4) is 11.5 Å². The number of nitrogens with one attached hydrogen (secondary N) is 1. The second-order valence-electron chi connectivity index (χ2n) is 9.80. The highest BCUT2D eigenvalue weighted by Gasteiger charge is 2.32. The number of aryl methyl sites for hydroxylation is 2. The fraction of sp³-hybridized carbons (Fsp3) is 0.387. The maximum atomic E-state index is 13.6. The van der Waals surface area contributed by atoms with E-state index in [2.05, 4.69) is 60.5 Å². The van der Waals surface area contributed by atoms with Crippen molar-refractivity contribution in [3.05, 3.63) is 94.5 Å². The van der Waals surface area contributed by atoms with Crippen molar-refractivity contribution in [2.45, 2.75) is 51.6 Å². The van der Waals surface area contributed by atoms with Gasteiger partial charge in [0.25, 0.3) is 5.91 Å². The van der Waals surface area contributed by atoms with Crippen molar-refractivity contribution in [1.82, 2.24) is 10.2 Å². The van der Waals surface area contributed by atoms with Crippen molar-refractivity contribution in [2.24, 2.45) is 0 Å². The monoisotopic (exact) mass is 486 g/mol. The van der Waals surface area contributed by atoms with Crippen molar-refractivity contribution in [2.75, 3.05) is 27.3 Å². The number of piperidine rings is 1. The number of hydrogen-bond donors (Lipinski definition) is 1. The number of carbonyl (C=O) groups is 1. The summed E-state index contributed by atoms with van der Waals surface area (Å²) in [5.41, 5.74) is 5.45. The maximum Gasteiger partial charge on any atom is 0.254 e. The number of ether oxygens (including phenoxy) is 2. The van der Waals surface area contributed by atoms with E-state index in [1.807, 2.05) is 30.3 Å². The molecule has 0 spiro atoms. The molecule has 0 aromatic heterocycles. The van der Waals surface area contributed by atoms with Crippen LogP contribution in [0.15, 0.2) is 66.7 Å². The van der Waals surface area contributed by atoms with E-state index < -0.39 is 0 Å². The highest BCUT2D eigenvalue weighted by molar-refractivity contribution is 5.95. The molecule has 1 saturated heterocycles. The quantitative estimate of drug-likeness (QED) is 0.442. The Hall–Kier alpha value is -3.31. The highest BCUT2D eigenvalue weighted by Crippen LogP contribution is 2.31. The van der Waals surface area contributed by atoms with Gasteiger partial charge in [0.1, 0.15) is 0 Å². The average molecular weight is 487 g/mol. The summed E-state index contributed by atoms with van der Waals surface area (Å²) in [6.45, 7) is 5.71. The van der Waals surface area contributed by atoms with Crippen LogP contribution in [0.1, 0.15) is 45.5 Å². The Labute approximate surface area is 215 Å². The molecule has 4 rings (SSSR count). The van der Waals surface area contributed by atoms with Crippen LogP contribution in [0.2, 0.25) is 0 Å². The molecule has 2 atom stereocenters. The van der Waals surface area contributed by atoms with E-state index in [0.29, 0.717) is 6.04 Å². The Balaban J connectivity index is 1.45. The van der Waals surface area contributed by atoms with Gasteiger partial charge in [-0.3, -0.25) is 4.79 Å². The van der Waals surface area contributed by atoms with Crippen LogP contribution in [-0.4, -0.2) is 50.2 Å². The van der Waals surface area contributed by atoms with E-state index in [4.69, 9.17) is 9.47 Å². The average Bonchev–Trinajstić information content (AvgIpc) is 2.88. The van der Waals surface area contributed by atoms with Gasteiger partial charge in [0.15, 0.2) is 11.5 Å². The van der Waals surface area contributed by atoms with Gasteiger partial charge in [-0.05, 0) is 75.4 Å². The summed E-state index contributed by atoms with van der Waals surface area (Å²) in [7, 11) is 3.35. The Kier molecular flexibility index (Phi) is 8.65. The number of carbonyl (C=O) groups excluding carboxylic acids is 1. The van der Waals surface area contributed by atoms with Crippen LogP contribution in [0.3, 0.4) is 0 Å². The van der Waals surface area contributed by atoms with Gasteiger partial charge >= 0.3 is 0 Å². The Morgan fingerprint density at radius 2 is 1.72 bits per heavy atom. The minimum atomic E-state index is 0.141. The molecular formula is C31H38N2O3. The summed E-state index contributed by atoms with van der Waals surface area (Å²) < 4.78 is 11.0. The molecule has 5 heteroatoms. The lowest BCUT2D eigenvalue weighted by molar-refractivity contribution is 0.0577. The van der Waals surface area contributed by atoms with Crippen LogP contribution in [0, 0.1) is 13.8 Å². The third-order valence-corrected chi connectivity index (χ3v) is 7.07. The first-order valence-corrected chi connectivity index (χ1v) is 12.8. The molecule has 1 aliphatic heterocycles. The predicted octanol–water partition coefficient (Wildman–Crippen LogP) is 5.37. The fourth-order valence-corrected chi connectivity index (χ4v) is 5.41. The van der Waals surface area contributed by atoms with Crippen LogP contribution in [0.5, 0.6) is 11.5 Å². The number of likely N-dealkylation sites (tertiary alicyclic amines) is 1. The molecule has 36 heavy (non-hydrogen) atoms. The van der Waals surface area contributed by atoms with Gasteiger partial charge in [0, 0.05) is 24.2 Å². The number of rotatable bonds is 9. The standard InChI is InChI=1S/C31H38N2O3/c1-22-17-23(2)19-26(18-22)31(34)33-16-14-27(21-28(33)20-24-9-6-5-7-10-24)32-15-13-25-11-8-12-29(35-3)30(25)36-4/h5-12,17-19,27-28,32H,13-16,20-21H2,1-4H3/t27-,28-/m0/s1. The molecule has 1 aliphatic rings. The largest absolute Gasteiger partial charge is 0.493 e. The lowest BCUT2D eigenvalue weighted by Crippen LogP contribution is -2.52. The number of hydrogen-bond acceptors (Lipinski definition) is 4. The highest BCUT2D eigenvalue weighted by atomic mass is 16.5. The Morgan fingerprint density at radius 1 is 0.972 bits per heavy atom. The Bertz CT molecular complexity index is 1140. The molecule has 0 saturated carbocycles. The third-order valence-electron chi connectivity index (χ3n) is 7.07. The normalized spacial score (nSPS) is 17.6. The van der Waals surface area contributed by atoms with Gasteiger partial charge in [-0.2, -0.15) is 0 Å². The van der Waals surface area contributed by atoms with Gasteiger partial charge < -0.3 is 19.7 Å². The van der Waals surface area contributed by atoms with E-state index in [1.54, 1.807) is 14.2 Å². The maximum absolute atomic E-state index is 13.6. The number of nitrogens with zero attached hydrogens (tertiary/aromatic N) is 1. The van der Waals surface area contributed by atoms with Gasteiger partial charge in [0.05, 0.1) is 14.2 Å². The second-order valence-corrected chi connectivity index (χ2v) is 9.80. The van der Waals surface area contributed by atoms with E-state index in [0.717, 1.165) is 72.5 Å². The SMILES string of the molecule is COc1cccc(CCN[C@H]2CCN(C(=O)c3cc(C)cc(C)c3)[C@@H](Cc3ccccc3)C2)c1OC. The first-order chi connectivity index (χ1) is 17.5. The van der Waals surface area contributed by atoms with Crippen molar-refractivity contribution in [3.63, 3.8) is 0 Å². The molecule has 0 bridgehead atoms. The number of benzene rings is 3. The van der Waals surface area contributed by atoms with Crippen LogP contribution in [0.25, 0.3) is 0 Å². The van der Waals surface area contributed by atoms with Gasteiger partial charge in [-0.1, -0.05) is 59.7 Å². The number of amides is 1. The summed E-state index contributed by atoms with van der Waals surface area (Å²) in [5, 5.41) is 3.76. The summed E-state index contributed by atoms with van der Waals surface area (Å²) >= 11 is 0. The lowest BCUT2D eigenvalue weighted by atomic mass is 9.91.